The third kappa shape index (κ3) is 5.14. The highest BCUT2D eigenvalue weighted by atomic mass is 16.5. The zero-order valence-electron chi connectivity index (χ0n) is 12.3. The molecule has 2 heterocycles. The van der Waals surface area contributed by atoms with Gasteiger partial charge >= 0.3 is 0 Å². The molecule has 0 saturated heterocycles. The standard InChI is InChI=1S/C14H24N4O2/c1-15-3-5-17(13-15)7-9-19-11-12-20-10-8-18-6-4-16(2)14-18/h3-6,13-14H,7-12H2,1-2H3/q+2. The van der Waals surface area contributed by atoms with E-state index in [1.165, 1.54) is 0 Å². The van der Waals surface area contributed by atoms with Gasteiger partial charge in [-0.3, -0.25) is 0 Å². The summed E-state index contributed by atoms with van der Waals surface area (Å²) in [5, 5.41) is 0. The minimum Gasteiger partial charge on any atom is -0.375 e. The van der Waals surface area contributed by atoms with Gasteiger partial charge in [0.2, 0.25) is 12.7 Å². The molecule has 0 bridgehead atoms. The molecular formula is C14H24N4O2+2. The Morgan fingerprint density at radius 3 is 1.55 bits per heavy atom. The molecule has 0 N–H and O–H groups in total. The fraction of sp³-hybridized carbons (Fsp3) is 0.571. The molecule has 0 aliphatic rings. The van der Waals surface area contributed by atoms with Gasteiger partial charge in [-0.15, -0.1) is 0 Å². The summed E-state index contributed by atoms with van der Waals surface area (Å²) >= 11 is 0. The number of hydrogen-bond acceptors (Lipinski definition) is 2. The van der Waals surface area contributed by atoms with Crippen LogP contribution in [0.1, 0.15) is 0 Å². The Bertz CT molecular complexity index is 461. The van der Waals surface area contributed by atoms with Gasteiger partial charge in [0.1, 0.15) is 37.9 Å². The van der Waals surface area contributed by atoms with Crippen LogP contribution in [0.3, 0.4) is 0 Å². The minimum atomic E-state index is 0.646. The highest BCUT2D eigenvalue weighted by Crippen LogP contribution is 1.88. The number of nitrogens with zero attached hydrogens (tertiary/aromatic N) is 4. The van der Waals surface area contributed by atoms with Gasteiger partial charge in [0.25, 0.3) is 0 Å². The molecule has 2 aromatic heterocycles. The van der Waals surface area contributed by atoms with Gasteiger partial charge in [-0.05, 0) is 0 Å². The van der Waals surface area contributed by atoms with E-state index in [2.05, 4.69) is 9.13 Å². The van der Waals surface area contributed by atoms with Gasteiger partial charge in [-0.25, -0.2) is 18.3 Å². The molecular weight excluding hydrogens is 256 g/mol. The second-order valence-corrected chi connectivity index (χ2v) is 4.86. The fourth-order valence-electron chi connectivity index (χ4n) is 1.93. The van der Waals surface area contributed by atoms with Crippen LogP contribution < -0.4 is 9.13 Å². The molecule has 0 amide bonds. The van der Waals surface area contributed by atoms with Crippen molar-refractivity contribution in [2.24, 2.45) is 14.1 Å². The van der Waals surface area contributed by atoms with Crippen molar-refractivity contribution in [3.8, 4) is 0 Å². The Kier molecular flexibility index (Phi) is 5.76. The first-order valence-electron chi connectivity index (χ1n) is 6.91. The van der Waals surface area contributed by atoms with E-state index in [1.54, 1.807) is 0 Å². The van der Waals surface area contributed by atoms with Crippen molar-refractivity contribution in [3.63, 3.8) is 0 Å². The van der Waals surface area contributed by atoms with Crippen LogP contribution in [0.2, 0.25) is 0 Å². The predicted octanol–water partition coefficient (Wildman–Crippen LogP) is -0.328. The van der Waals surface area contributed by atoms with E-state index < -0.39 is 0 Å². The summed E-state index contributed by atoms with van der Waals surface area (Å²) in [6.45, 7) is 4.47. The molecule has 2 aromatic rings. The first kappa shape index (κ1) is 14.7. The molecule has 0 aliphatic heterocycles. The van der Waals surface area contributed by atoms with Crippen LogP contribution in [-0.4, -0.2) is 35.6 Å². The Morgan fingerprint density at radius 2 is 1.20 bits per heavy atom. The van der Waals surface area contributed by atoms with E-state index in [9.17, 15) is 0 Å². The quantitative estimate of drug-likeness (QED) is 0.466. The number of imidazole rings is 2. The summed E-state index contributed by atoms with van der Waals surface area (Å²) in [5.41, 5.74) is 0. The summed E-state index contributed by atoms with van der Waals surface area (Å²) < 4.78 is 19.3. The van der Waals surface area contributed by atoms with Gasteiger partial charge in [-0.1, -0.05) is 0 Å². The smallest absolute Gasteiger partial charge is 0.243 e. The largest absolute Gasteiger partial charge is 0.375 e. The number of ether oxygens (including phenoxy) is 2. The van der Waals surface area contributed by atoms with Crippen LogP contribution in [0.4, 0.5) is 0 Å². The topological polar surface area (TPSA) is 36.1 Å². The van der Waals surface area contributed by atoms with Gasteiger partial charge in [0.05, 0.1) is 40.5 Å². The van der Waals surface area contributed by atoms with E-state index in [0.717, 1.165) is 13.1 Å². The number of hydrogen-bond donors (Lipinski definition) is 0. The Morgan fingerprint density at radius 1 is 0.750 bits per heavy atom. The lowest BCUT2D eigenvalue weighted by Gasteiger charge is -2.03. The number of rotatable bonds is 9. The van der Waals surface area contributed by atoms with Crippen molar-refractivity contribution in [2.75, 3.05) is 26.4 Å². The van der Waals surface area contributed by atoms with Crippen LogP contribution in [0.15, 0.2) is 37.4 Å². The monoisotopic (exact) mass is 280 g/mol. The lowest BCUT2D eigenvalue weighted by molar-refractivity contribution is -0.671. The second-order valence-electron chi connectivity index (χ2n) is 4.86. The molecule has 0 atom stereocenters. The van der Waals surface area contributed by atoms with Crippen LogP contribution in [-0.2, 0) is 36.7 Å². The average molecular weight is 280 g/mol. The number of aromatic nitrogens is 4. The van der Waals surface area contributed by atoms with Crippen LogP contribution >= 0.6 is 0 Å². The fourth-order valence-corrected chi connectivity index (χ4v) is 1.93. The summed E-state index contributed by atoms with van der Waals surface area (Å²) in [7, 11) is 4.02. The van der Waals surface area contributed by atoms with Crippen molar-refractivity contribution in [1.29, 1.82) is 0 Å². The summed E-state index contributed by atoms with van der Waals surface area (Å²) in [5.74, 6) is 0. The van der Waals surface area contributed by atoms with Crippen molar-refractivity contribution in [2.45, 2.75) is 13.1 Å². The molecule has 0 unspecified atom stereocenters. The van der Waals surface area contributed by atoms with E-state index in [4.69, 9.17) is 9.47 Å². The molecule has 0 radical (unpaired) electrons. The van der Waals surface area contributed by atoms with Gasteiger partial charge in [0.15, 0.2) is 0 Å². The normalized spacial score (nSPS) is 11.1. The Labute approximate surface area is 119 Å². The van der Waals surface area contributed by atoms with Crippen molar-refractivity contribution in [3.05, 3.63) is 37.4 Å². The first-order valence-corrected chi connectivity index (χ1v) is 6.91. The number of aryl methyl sites for hydroxylation is 2. The summed E-state index contributed by atoms with van der Waals surface area (Å²) in [6, 6.07) is 0. The zero-order valence-corrected chi connectivity index (χ0v) is 12.3. The zero-order chi connectivity index (χ0) is 14.2. The highest BCUT2D eigenvalue weighted by molar-refractivity contribution is 4.66. The van der Waals surface area contributed by atoms with E-state index in [1.807, 2.05) is 60.7 Å². The molecule has 0 fully saturated rings. The summed E-state index contributed by atoms with van der Waals surface area (Å²) in [6.07, 6.45) is 12.2. The third-order valence-electron chi connectivity index (χ3n) is 3.01. The van der Waals surface area contributed by atoms with Crippen molar-refractivity contribution in [1.82, 2.24) is 9.13 Å². The summed E-state index contributed by atoms with van der Waals surface area (Å²) in [4.78, 5) is 0. The molecule has 0 aromatic carbocycles. The average Bonchev–Trinajstić information content (AvgIpc) is 3.02. The second kappa shape index (κ2) is 7.81. The third-order valence-corrected chi connectivity index (χ3v) is 3.01. The minimum absolute atomic E-state index is 0.646. The molecule has 0 spiro atoms. The molecule has 6 nitrogen and oxygen atoms in total. The maximum absolute atomic E-state index is 5.54. The van der Waals surface area contributed by atoms with Crippen LogP contribution in [0.25, 0.3) is 0 Å². The first-order chi connectivity index (χ1) is 9.74. The molecule has 0 saturated carbocycles. The maximum atomic E-state index is 5.54. The molecule has 110 valence electrons. The van der Waals surface area contributed by atoms with Gasteiger partial charge in [0, 0.05) is 0 Å². The molecule has 0 aliphatic carbocycles. The Balaban J connectivity index is 1.44. The van der Waals surface area contributed by atoms with Crippen molar-refractivity contribution < 1.29 is 18.6 Å². The lowest BCUT2D eigenvalue weighted by Crippen LogP contribution is -2.24. The Hall–Kier alpha value is -1.66. The molecule has 6 heteroatoms. The predicted molar refractivity (Wildman–Crippen MR) is 72.9 cm³/mol. The van der Waals surface area contributed by atoms with Gasteiger partial charge in [-0.2, -0.15) is 0 Å². The lowest BCUT2D eigenvalue weighted by atomic mass is 10.6. The van der Waals surface area contributed by atoms with Crippen LogP contribution in [0, 0.1) is 0 Å². The van der Waals surface area contributed by atoms with E-state index in [0.29, 0.717) is 26.4 Å². The highest BCUT2D eigenvalue weighted by Gasteiger charge is 2.00. The molecule has 2 rings (SSSR count). The maximum Gasteiger partial charge on any atom is 0.243 e. The van der Waals surface area contributed by atoms with E-state index in [-0.39, 0.29) is 0 Å². The SMILES string of the molecule is C[n+]1ccn(CCOCCOCCn2cc[n+](C)c2)c1. The van der Waals surface area contributed by atoms with Crippen LogP contribution in [0.5, 0.6) is 0 Å². The van der Waals surface area contributed by atoms with Crippen molar-refractivity contribution >= 4 is 0 Å². The van der Waals surface area contributed by atoms with Gasteiger partial charge < -0.3 is 9.47 Å². The molecule has 20 heavy (non-hydrogen) atoms. The van der Waals surface area contributed by atoms with E-state index >= 15 is 0 Å².